The number of fused-ring (bicyclic) bond motifs is 1. The molecule has 31 heavy (non-hydrogen) atoms. The second kappa shape index (κ2) is 8.39. The number of carbonyl (C=O) groups excluding carboxylic acids is 2. The van der Waals surface area contributed by atoms with Crippen molar-refractivity contribution in [3.05, 3.63) is 65.5 Å². The minimum Gasteiger partial charge on any atom is -0.497 e. The molecule has 1 aliphatic rings. The van der Waals surface area contributed by atoms with E-state index in [4.69, 9.17) is 15.0 Å². The first kappa shape index (κ1) is 20.3. The van der Waals surface area contributed by atoms with Crippen LogP contribution in [0, 0.1) is 5.53 Å². The highest BCUT2D eigenvalue weighted by Gasteiger charge is 2.35. The molecule has 0 spiro atoms. The van der Waals surface area contributed by atoms with Gasteiger partial charge in [-0.15, -0.1) is 0 Å². The van der Waals surface area contributed by atoms with Gasteiger partial charge in [-0.3, -0.25) is 4.79 Å². The van der Waals surface area contributed by atoms with E-state index >= 15 is 0 Å². The van der Waals surface area contributed by atoms with Gasteiger partial charge in [0.2, 0.25) is 0 Å². The van der Waals surface area contributed by atoms with Crippen molar-refractivity contribution >= 4 is 23.3 Å². The maximum atomic E-state index is 13.5. The summed E-state index contributed by atoms with van der Waals surface area (Å²) in [6.45, 7) is 2.34. The Morgan fingerprint density at radius 3 is 2.42 bits per heavy atom. The van der Waals surface area contributed by atoms with E-state index in [9.17, 15) is 9.59 Å². The third kappa shape index (κ3) is 3.65. The van der Waals surface area contributed by atoms with Crippen LogP contribution < -0.4 is 9.64 Å². The van der Waals surface area contributed by atoms with Crippen molar-refractivity contribution in [2.45, 2.75) is 13.3 Å². The molecule has 0 fully saturated rings. The number of amides is 1. The van der Waals surface area contributed by atoms with Crippen molar-refractivity contribution in [3.63, 3.8) is 0 Å². The van der Waals surface area contributed by atoms with E-state index < -0.39 is 5.97 Å². The number of methoxy groups -OCH3 is 1. The Bertz CT molecular complexity index is 1140. The lowest BCUT2D eigenvalue weighted by Crippen LogP contribution is -2.39. The van der Waals surface area contributed by atoms with Crippen molar-refractivity contribution in [2.24, 2.45) is 5.11 Å². The molecular formula is C22H21N5O4. The highest BCUT2D eigenvalue weighted by atomic mass is 16.5. The number of benzene rings is 2. The Labute approximate surface area is 178 Å². The van der Waals surface area contributed by atoms with E-state index in [1.807, 2.05) is 0 Å². The molecule has 1 aromatic heterocycles. The van der Waals surface area contributed by atoms with E-state index in [1.54, 1.807) is 67.5 Å². The van der Waals surface area contributed by atoms with E-state index in [-0.39, 0.29) is 18.2 Å². The molecule has 1 aliphatic heterocycles. The zero-order valence-corrected chi connectivity index (χ0v) is 17.2. The van der Waals surface area contributed by atoms with Crippen molar-refractivity contribution in [3.8, 4) is 11.4 Å². The van der Waals surface area contributed by atoms with Crippen LogP contribution in [0.1, 0.15) is 33.5 Å². The van der Waals surface area contributed by atoms with Crippen LogP contribution in [-0.4, -0.2) is 41.9 Å². The predicted octanol–water partition coefficient (Wildman–Crippen LogP) is 3.92. The predicted molar refractivity (Wildman–Crippen MR) is 113 cm³/mol. The Hall–Kier alpha value is -4.01. The number of anilines is 1. The van der Waals surface area contributed by atoms with Crippen molar-refractivity contribution in [1.82, 2.24) is 9.78 Å². The fraction of sp³-hybridized carbons (Fsp3) is 0.227. The number of hydrogen-bond donors (Lipinski definition) is 1. The molecule has 9 heteroatoms. The Kier molecular flexibility index (Phi) is 5.48. The van der Waals surface area contributed by atoms with Crippen LogP contribution in [0.2, 0.25) is 0 Å². The maximum absolute atomic E-state index is 13.5. The minimum absolute atomic E-state index is 0.157. The summed E-state index contributed by atoms with van der Waals surface area (Å²) >= 11 is 0. The number of ether oxygens (including phenoxy) is 2. The van der Waals surface area contributed by atoms with Crippen LogP contribution >= 0.6 is 0 Å². The maximum Gasteiger partial charge on any atom is 0.359 e. The first-order valence-electron chi connectivity index (χ1n) is 9.80. The first-order valence-corrected chi connectivity index (χ1v) is 9.80. The van der Waals surface area contributed by atoms with E-state index in [2.05, 4.69) is 10.2 Å². The van der Waals surface area contributed by atoms with E-state index in [1.165, 1.54) is 4.68 Å². The summed E-state index contributed by atoms with van der Waals surface area (Å²) in [6.07, 6.45) is 0.454. The lowest BCUT2D eigenvalue weighted by molar-refractivity contribution is 0.0517. The van der Waals surface area contributed by atoms with Gasteiger partial charge in [-0.2, -0.15) is 10.2 Å². The molecule has 0 radical (unpaired) electrons. The number of nitrogens with zero attached hydrogens (tertiary/aromatic N) is 4. The topological polar surface area (TPSA) is 110 Å². The summed E-state index contributed by atoms with van der Waals surface area (Å²) in [6, 6.07) is 13.9. The van der Waals surface area contributed by atoms with Gasteiger partial charge >= 0.3 is 5.97 Å². The largest absolute Gasteiger partial charge is 0.497 e. The molecule has 0 saturated carbocycles. The summed E-state index contributed by atoms with van der Waals surface area (Å²) in [5.41, 5.74) is 9.98. The molecule has 0 aliphatic carbocycles. The number of carbonyl (C=O) groups is 2. The fourth-order valence-electron chi connectivity index (χ4n) is 3.59. The van der Waals surface area contributed by atoms with Crippen LogP contribution in [0.3, 0.4) is 0 Å². The average Bonchev–Trinajstić information content (AvgIpc) is 3.20. The number of rotatable bonds is 6. The van der Waals surface area contributed by atoms with Gasteiger partial charge in [-0.25, -0.2) is 15.0 Å². The van der Waals surface area contributed by atoms with Gasteiger partial charge in [0, 0.05) is 17.8 Å². The van der Waals surface area contributed by atoms with Gasteiger partial charge in [0.05, 0.1) is 25.1 Å². The second-order valence-corrected chi connectivity index (χ2v) is 6.84. The normalized spacial score (nSPS) is 13.0. The molecule has 2 heterocycles. The standard InChI is InChI=1S/C22H21N5O4/c1-3-31-22(29)19-18-12-13-26(15-6-4-14(24-23)5-7-15)21(28)20(18)27(25-19)16-8-10-17(30-2)11-9-16/h4-11,23H,3,12-13H2,1-2H3. The Balaban J connectivity index is 1.81. The zero-order chi connectivity index (χ0) is 22.0. The van der Waals surface area contributed by atoms with Crippen LogP contribution in [-0.2, 0) is 11.2 Å². The van der Waals surface area contributed by atoms with Crippen LogP contribution in [0.15, 0.2) is 53.6 Å². The number of esters is 1. The molecule has 4 rings (SSSR count). The molecule has 1 N–H and O–H groups in total. The fourth-order valence-corrected chi connectivity index (χ4v) is 3.59. The van der Waals surface area contributed by atoms with Gasteiger partial charge in [-0.05, 0) is 61.9 Å². The van der Waals surface area contributed by atoms with Gasteiger partial charge in [-0.1, -0.05) is 0 Å². The van der Waals surface area contributed by atoms with Gasteiger partial charge in [0.25, 0.3) is 5.91 Å². The first-order chi connectivity index (χ1) is 15.1. The third-order valence-electron chi connectivity index (χ3n) is 5.09. The minimum atomic E-state index is -0.548. The lowest BCUT2D eigenvalue weighted by Gasteiger charge is -2.27. The van der Waals surface area contributed by atoms with E-state index in [0.29, 0.717) is 47.0 Å². The number of hydrogen-bond acceptors (Lipinski definition) is 7. The second-order valence-electron chi connectivity index (χ2n) is 6.84. The summed E-state index contributed by atoms with van der Waals surface area (Å²) in [5.74, 6) is -0.146. The Morgan fingerprint density at radius 2 is 1.81 bits per heavy atom. The van der Waals surface area contributed by atoms with Crippen molar-refractivity contribution in [1.29, 1.82) is 5.53 Å². The van der Waals surface area contributed by atoms with Gasteiger partial charge in [0.15, 0.2) is 5.69 Å². The monoisotopic (exact) mass is 419 g/mol. The Morgan fingerprint density at radius 1 is 1.13 bits per heavy atom. The van der Waals surface area contributed by atoms with Crippen LogP contribution in [0.4, 0.5) is 11.4 Å². The highest BCUT2D eigenvalue weighted by Crippen LogP contribution is 2.30. The molecule has 1 amide bonds. The summed E-state index contributed by atoms with van der Waals surface area (Å²) in [5, 5.41) is 7.85. The van der Waals surface area contributed by atoms with Gasteiger partial charge in [0.1, 0.15) is 11.4 Å². The molecular weight excluding hydrogens is 398 g/mol. The summed E-state index contributed by atoms with van der Waals surface area (Å²) in [7, 11) is 1.57. The summed E-state index contributed by atoms with van der Waals surface area (Å²) in [4.78, 5) is 27.7. The molecule has 0 atom stereocenters. The molecule has 0 saturated heterocycles. The molecule has 0 bridgehead atoms. The lowest BCUT2D eigenvalue weighted by atomic mass is 10.0. The molecule has 2 aromatic carbocycles. The number of nitrogens with one attached hydrogen (secondary N) is 1. The SMILES string of the molecule is CCOC(=O)c1nn(-c2ccc(OC)cc2)c2c1CCN(c1ccc(N=N)cc1)C2=O. The highest BCUT2D eigenvalue weighted by molar-refractivity contribution is 6.09. The van der Waals surface area contributed by atoms with Crippen molar-refractivity contribution in [2.75, 3.05) is 25.2 Å². The average molecular weight is 419 g/mol. The van der Waals surface area contributed by atoms with Crippen molar-refractivity contribution < 1.29 is 19.1 Å². The summed E-state index contributed by atoms with van der Waals surface area (Å²) < 4.78 is 11.9. The molecule has 158 valence electrons. The smallest absolute Gasteiger partial charge is 0.359 e. The van der Waals surface area contributed by atoms with Crippen LogP contribution in [0.25, 0.3) is 5.69 Å². The third-order valence-corrected chi connectivity index (χ3v) is 5.09. The van der Waals surface area contributed by atoms with Crippen LogP contribution in [0.5, 0.6) is 5.75 Å². The quantitative estimate of drug-likeness (QED) is 0.481. The zero-order valence-electron chi connectivity index (χ0n) is 17.2. The van der Waals surface area contributed by atoms with Gasteiger partial charge < -0.3 is 14.4 Å². The molecule has 9 nitrogen and oxygen atoms in total. The van der Waals surface area contributed by atoms with E-state index in [0.717, 1.165) is 0 Å². The molecule has 3 aromatic rings. The molecule has 0 unspecified atom stereocenters. The number of aromatic nitrogens is 2.